The number of aliphatic hydroxyl groups is 1. The molecule has 100 valence electrons. The number of carbonyl (C=O) groups is 1. The molecule has 0 radical (unpaired) electrons. The van der Waals surface area contributed by atoms with Crippen molar-refractivity contribution in [3.05, 3.63) is 29.8 Å². The summed E-state index contributed by atoms with van der Waals surface area (Å²) in [6.45, 7) is 3.18. The van der Waals surface area contributed by atoms with Crippen LogP contribution in [-0.4, -0.2) is 30.8 Å². The number of benzene rings is 1. The number of rotatable bonds is 8. The Kier molecular flexibility index (Phi) is 6.87. The highest BCUT2D eigenvalue weighted by Gasteiger charge is 2.06. The van der Waals surface area contributed by atoms with E-state index in [4.69, 9.17) is 9.84 Å². The first kappa shape index (κ1) is 14.5. The van der Waals surface area contributed by atoms with Gasteiger partial charge >= 0.3 is 5.97 Å². The molecule has 0 saturated carbocycles. The summed E-state index contributed by atoms with van der Waals surface area (Å²) in [6, 6.07) is 7.06. The minimum atomic E-state index is -0.278. The van der Waals surface area contributed by atoms with E-state index in [1.807, 2.05) is 0 Å². The number of hydrogen-bond donors (Lipinski definition) is 2. The van der Waals surface area contributed by atoms with Gasteiger partial charge in [0.05, 0.1) is 18.8 Å². The third kappa shape index (κ3) is 5.19. The number of aliphatic hydroxyl groups excluding tert-OH is 1. The van der Waals surface area contributed by atoms with Crippen molar-refractivity contribution in [2.75, 3.05) is 25.1 Å². The molecule has 0 aliphatic carbocycles. The molecule has 4 nitrogen and oxygen atoms in total. The molecular formula is C14H21NO3. The summed E-state index contributed by atoms with van der Waals surface area (Å²) in [5.41, 5.74) is 1.44. The van der Waals surface area contributed by atoms with Gasteiger partial charge in [0.25, 0.3) is 0 Å². The van der Waals surface area contributed by atoms with Crippen molar-refractivity contribution in [1.82, 2.24) is 0 Å². The molecule has 1 aromatic rings. The zero-order valence-electron chi connectivity index (χ0n) is 10.8. The molecule has 0 heterocycles. The first-order valence-corrected chi connectivity index (χ1v) is 6.40. The Morgan fingerprint density at radius 1 is 1.28 bits per heavy atom. The topological polar surface area (TPSA) is 58.6 Å². The van der Waals surface area contributed by atoms with E-state index in [1.54, 1.807) is 24.3 Å². The third-order valence-corrected chi connectivity index (χ3v) is 2.54. The highest BCUT2D eigenvalue weighted by Crippen LogP contribution is 2.10. The van der Waals surface area contributed by atoms with Gasteiger partial charge in [0.2, 0.25) is 0 Å². The lowest BCUT2D eigenvalue weighted by molar-refractivity contribution is 0.0498. The van der Waals surface area contributed by atoms with Crippen LogP contribution in [0.15, 0.2) is 24.3 Å². The number of ether oxygens (including phenoxy) is 1. The van der Waals surface area contributed by atoms with Crippen molar-refractivity contribution in [2.45, 2.75) is 26.2 Å². The molecule has 18 heavy (non-hydrogen) atoms. The highest BCUT2D eigenvalue weighted by atomic mass is 16.5. The zero-order chi connectivity index (χ0) is 13.2. The maximum Gasteiger partial charge on any atom is 0.338 e. The molecule has 0 aliphatic heterocycles. The van der Waals surface area contributed by atoms with Crippen molar-refractivity contribution in [1.29, 1.82) is 0 Å². The fourth-order valence-corrected chi connectivity index (χ4v) is 1.52. The summed E-state index contributed by atoms with van der Waals surface area (Å²) >= 11 is 0. The van der Waals surface area contributed by atoms with Gasteiger partial charge in [-0.1, -0.05) is 19.8 Å². The molecule has 2 N–H and O–H groups in total. The second-order valence-corrected chi connectivity index (χ2v) is 4.07. The van der Waals surface area contributed by atoms with Crippen LogP contribution in [0.25, 0.3) is 0 Å². The number of nitrogens with one attached hydrogen (secondary N) is 1. The van der Waals surface area contributed by atoms with Gasteiger partial charge in [-0.3, -0.25) is 0 Å². The average Bonchev–Trinajstić information content (AvgIpc) is 2.41. The largest absolute Gasteiger partial charge is 0.462 e. The molecule has 4 heteroatoms. The van der Waals surface area contributed by atoms with Gasteiger partial charge in [-0.25, -0.2) is 4.79 Å². The van der Waals surface area contributed by atoms with Gasteiger partial charge in [-0.05, 0) is 30.7 Å². The minimum absolute atomic E-state index is 0.0845. The van der Waals surface area contributed by atoms with Crippen molar-refractivity contribution >= 4 is 11.7 Å². The smallest absolute Gasteiger partial charge is 0.338 e. The van der Waals surface area contributed by atoms with Crippen LogP contribution < -0.4 is 5.32 Å². The lowest BCUT2D eigenvalue weighted by Crippen LogP contribution is -2.08. The molecule has 0 bridgehead atoms. The van der Waals surface area contributed by atoms with Crippen LogP contribution in [0.1, 0.15) is 36.5 Å². The van der Waals surface area contributed by atoms with Gasteiger partial charge in [-0.15, -0.1) is 0 Å². The van der Waals surface area contributed by atoms with Crippen LogP contribution in [0.4, 0.5) is 5.69 Å². The third-order valence-electron chi connectivity index (χ3n) is 2.54. The van der Waals surface area contributed by atoms with E-state index < -0.39 is 0 Å². The van der Waals surface area contributed by atoms with Gasteiger partial charge < -0.3 is 15.2 Å². The van der Waals surface area contributed by atoms with E-state index in [0.29, 0.717) is 18.7 Å². The number of hydrogen-bond acceptors (Lipinski definition) is 4. The highest BCUT2D eigenvalue weighted by molar-refractivity contribution is 5.89. The van der Waals surface area contributed by atoms with Crippen LogP contribution >= 0.6 is 0 Å². The summed E-state index contributed by atoms with van der Waals surface area (Å²) in [5.74, 6) is -0.278. The normalized spacial score (nSPS) is 10.1. The van der Waals surface area contributed by atoms with Crippen LogP contribution in [0.3, 0.4) is 0 Å². The van der Waals surface area contributed by atoms with Gasteiger partial charge in [0.15, 0.2) is 0 Å². The van der Waals surface area contributed by atoms with E-state index >= 15 is 0 Å². The van der Waals surface area contributed by atoms with Crippen LogP contribution in [0.2, 0.25) is 0 Å². The van der Waals surface area contributed by atoms with Crippen LogP contribution in [0.5, 0.6) is 0 Å². The number of carbonyl (C=O) groups excluding carboxylic acids is 1. The summed E-state index contributed by atoms with van der Waals surface area (Å²) < 4.78 is 5.15. The molecule has 0 spiro atoms. The molecule has 0 aliphatic rings. The van der Waals surface area contributed by atoms with E-state index in [9.17, 15) is 4.79 Å². The van der Waals surface area contributed by atoms with Gasteiger partial charge in [-0.2, -0.15) is 0 Å². The van der Waals surface area contributed by atoms with Crippen LogP contribution in [-0.2, 0) is 4.74 Å². The SMILES string of the molecule is CCCCCOC(=O)c1ccc(NCCO)cc1. The van der Waals surface area contributed by atoms with E-state index in [0.717, 1.165) is 24.9 Å². The lowest BCUT2D eigenvalue weighted by Gasteiger charge is -2.06. The fraction of sp³-hybridized carbons (Fsp3) is 0.500. The molecule has 1 rings (SSSR count). The molecule has 0 atom stereocenters. The predicted octanol–water partition coefficient (Wildman–Crippen LogP) is 2.44. The zero-order valence-corrected chi connectivity index (χ0v) is 10.8. The van der Waals surface area contributed by atoms with Crippen molar-refractivity contribution in [3.8, 4) is 0 Å². The molecule has 0 unspecified atom stereocenters. The first-order chi connectivity index (χ1) is 8.77. The monoisotopic (exact) mass is 251 g/mol. The summed E-state index contributed by atoms with van der Waals surface area (Å²) in [4.78, 5) is 11.7. The molecule has 0 amide bonds. The van der Waals surface area contributed by atoms with Crippen molar-refractivity contribution in [3.63, 3.8) is 0 Å². The van der Waals surface area contributed by atoms with E-state index in [2.05, 4.69) is 12.2 Å². The second kappa shape index (κ2) is 8.53. The first-order valence-electron chi connectivity index (χ1n) is 6.40. The number of esters is 1. The lowest BCUT2D eigenvalue weighted by atomic mass is 10.2. The Morgan fingerprint density at radius 2 is 2.00 bits per heavy atom. The molecule has 0 aromatic heterocycles. The Hall–Kier alpha value is -1.55. The van der Waals surface area contributed by atoms with Gasteiger partial charge in [0, 0.05) is 12.2 Å². The van der Waals surface area contributed by atoms with Crippen molar-refractivity contribution < 1.29 is 14.6 Å². The summed E-state index contributed by atoms with van der Waals surface area (Å²) in [6.07, 6.45) is 3.11. The van der Waals surface area contributed by atoms with Crippen LogP contribution in [0, 0.1) is 0 Å². The molecule has 1 aromatic carbocycles. The van der Waals surface area contributed by atoms with Gasteiger partial charge in [0.1, 0.15) is 0 Å². The van der Waals surface area contributed by atoms with Crippen molar-refractivity contribution in [2.24, 2.45) is 0 Å². The minimum Gasteiger partial charge on any atom is -0.462 e. The quantitative estimate of drug-likeness (QED) is 0.550. The number of unbranched alkanes of at least 4 members (excludes halogenated alkanes) is 2. The second-order valence-electron chi connectivity index (χ2n) is 4.07. The molecular weight excluding hydrogens is 230 g/mol. The average molecular weight is 251 g/mol. The maximum absolute atomic E-state index is 11.7. The fourth-order valence-electron chi connectivity index (χ4n) is 1.52. The summed E-state index contributed by atoms with van der Waals surface area (Å²) in [7, 11) is 0. The molecule has 0 fully saturated rings. The Morgan fingerprint density at radius 3 is 2.61 bits per heavy atom. The van der Waals surface area contributed by atoms with E-state index in [-0.39, 0.29) is 12.6 Å². The Labute approximate surface area is 108 Å². The Balaban J connectivity index is 2.38. The summed E-state index contributed by atoms with van der Waals surface area (Å²) in [5, 5.41) is 11.7. The number of anilines is 1. The standard InChI is InChI=1S/C14H21NO3/c1-2-3-4-11-18-14(17)12-5-7-13(8-6-12)15-9-10-16/h5-8,15-16H,2-4,9-11H2,1H3. The van der Waals surface area contributed by atoms with E-state index in [1.165, 1.54) is 0 Å². The molecule has 0 saturated heterocycles. The maximum atomic E-state index is 11.7. The predicted molar refractivity (Wildman–Crippen MR) is 71.8 cm³/mol. The Bertz CT molecular complexity index is 349.